The molecule has 1 amide bonds. The highest BCUT2D eigenvalue weighted by atomic mass is 19.4. The molecule has 0 saturated carbocycles. The van der Waals surface area contributed by atoms with E-state index in [0.29, 0.717) is 17.1 Å². The van der Waals surface area contributed by atoms with Crippen molar-refractivity contribution in [1.29, 1.82) is 0 Å². The summed E-state index contributed by atoms with van der Waals surface area (Å²) in [4.78, 5) is 12.1. The Morgan fingerprint density at radius 3 is 2.41 bits per heavy atom. The van der Waals surface area contributed by atoms with Gasteiger partial charge in [-0.3, -0.25) is 4.79 Å². The van der Waals surface area contributed by atoms with Gasteiger partial charge < -0.3 is 19.5 Å². The average molecular weight is 381 g/mol. The molecule has 0 radical (unpaired) electrons. The van der Waals surface area contributed by atoms with Gasteiger partial charge in [0.1, 0.15) is 5.75 Å². The molecule has 0 saturated heterocycles. The minimum absolute atomic E-state index is 0.0736. The number of rotatable bonds is 7. The van der Waals surface area contributed by atoms with Gasteiger partial charge in [-0.25, -0.2) is 0 Å². The summed E-state index contributed by atoms with van der Waals surface area (Å²) in [6.45, 7) is -1.45. The Balaban J connectivity index is 2.12. The molecule has 27 heavy (non-hydrogen) atoms. The number of amides is 1. The number of halogens is 3. The van der Waals surface area contributed by atoms with Gasteiger partial charge in [0.15, 0.2) is 18.1 Å². The second kappa shape index (κ2) is 8.98. The number of para-hydroxylation sites is 3. The fourth-order valence-electron chi connectivity index (χ4n) is 2.24. The molecule has 0 atom stereocenters. The molecule has 0 aliphatic heterocycles. The molecule has 2 aromatic carbocycles. The molecule has 1 N–H and O–H groups in total. The largest absolute Gasteiger partial charge is 0.493 e. The van der Waals surface area contributed by atoms with Crippen molar-refractivity contribution in [2.75, 3.05) is 26.1 Å². The van der Waals surface area contributed by atoms with Crippen LogP contribution in [0.4, 0.5) is 18.9 Å². The normalized spacial score (nSPS) is 11.3. The van der Waals surface area contributed by atoms with Crippen molar-refractivity contribution in [2.45, 2.75) is 6.18 Å². The summed E-state index contributed by atoms with van der Waals surface area (Å²) in [5.41, 5.74) is 0.739. The van der Waals surface area contributed by atoms with E-state index in [2.05, 4.69) is 5.32 Å². The summed E-state index contributed by atoms with van der Waals surface area (Å²) < 4.78 is 52.2. The van der Waals surface area contributed by atoms with Crippen LogP contribution in [0.3, 0.4) is 0 Å². The smallest absolute Gasteiger partial charge is 0.422 e. The van der Waals surface area contributed by atoms with Crippen molar-refractivity contribution in [2.24, 2.45) is 0 Å². The Morgan fingerprint density at radius 2 is 1.74 bits per heavy atom. The lowest BCUT2D eigenvalue weighted by molar-refractivity contribution is -0.153. The Labute approximate surface area is 154 Å². The van der Waals surface area contributed by atoms with E-state index in [-0.39, 0.29) is 11.4 Å². The molecule has 2 aromatic rings. The minimum Gasteiger partial charge on any atom is -0.493 e. The zero-order valence-corrected chi connectivity index (χ0v) is 14.7. The summed E-state index contributed by atoms with van der Waals surface area (Å²) in [6, 6.07) is 11.1. The molecule has 144 valence electrons. The predicted molar refractivity (Wildman–Crippen MR) is 95.2 cm³/mol. The van der Waals surface area contributed by atoms with Crippen LogP contribution >= 0.6 is 0 Å². The van der Waals surface area contributed by atoms with E-state index in [0.717, 1.165) is 0 Å². The third kappa shape index (κ3) is 5.95. The standard InChI is InChI=1S/C19H18F3NO4/c1-25-16-9-5-6-13(18(16)26-2)10-11-17(24)23-14-7-3-4-8-15(14)27-12-19(20,21)22/h3-11H,12H2,1-2H3,(H,23,24)/b11-10+. The third-order valence-corrected chi connectivity index (χ3v) is 3.38. The van der Waals surface area contributed by atoms with Crippen molar-refractivity contribution in [3.05, 3.63) is 54.1 Å². The van der Waals surface area contributed by atoms with Crippen LogP contribution in [0, 0.1) is 0 Å². The zero-order chi connectivity index (χ0) is 19.9. The van der Waals surface area contributed by atoms with E-state index in [4.69, 9.17) is 14.2 Å². The van der Waals surface area contributed by atoms with Crippen LogP contribution < -0.4 is 19.5 Å². The first-order chi connectivity index (χ1) is 12.8. The van der Waals surface area contributed by atoms with Gasteiger partial charge in [-0.15, -0.1) is 0 Å². The first-order valence-electron chi connectivity index (χ1n) is 7.82. The van der Waals surface area contributed by atoms with Crippen LogP contribution in [-0.4, -0.2) is 32.9 Å². The predicted octanol–water partition coefficient (Wildman–Crippen LogP) is 4.30. The van der Waals surface area contributed by atoms with Gasteiger partial charge in [0.25, 0.3) is 0 Å². The third-order valence-electron chi connectivity index (χ3n) is 3.38. The van der Waals surface area contributed by atoms with E-state index in [1.165, 1.54) is 44.6 Å². The van der Waals surface area contributed by atoms with Gasteiger partial charge in [0.2, 0.25) is 5.91 Å². The number of hydrogen-bond donors (Lipinski definition) is 1. The van der Waals surface area contributed by atoms with E-state index < -0.39 is 18.7 Å². The number of benzene rings is 2. The number of alkyl halides is 3. The molecule has 0 unspecified atom stereocenters. The van der Waals surface area contributed by atoms with Crippen molar-refractivity contribution < 1.29 is 32.2 Å². The van der Waals surface area contributed by atoms with E-state index in [1.54, 1.807) is 24.3 Å². The Kier molecular flexibility index (Phi) is 6.70. The van der Waals surface area contributed by atoms with Crippen LogP contribution in [0.15, 0.2) is 48.5 Å². The zero-order valence-electron chi connectivity index (χ0n) is 14.7. The maximum absolute atomic E-state index is 12.3. The maximum Gasteiger partial charge on any atom is 0.422 e. The number of ether oxygens (including phenoxy) is 3. The van der Waals surface area contributed by atoms with E-state index >= 15 is 0 Å². The SMILES string of the molecule is COc1cccc(/C=C/C(=O)Nc2ccccc2OCC(F)(F)F)c1OC. The molecular weight excluding hydrogens is 363 g/mol. The average Bonchev–Trinajstić information content (AvgIpc) is 2.64. The molecule has 0 aromatic heterocycles. The van der Waals surface area contributed by atoms with Crippen LogP contribution in [0.5, 0.6) is 17.2 Å². The molecule has 0 spiro atoms. The molecular formula is C19H18F3NO4. The quantitative estimate of drug-likeness (QED) is 0.727. The topological polar surface area (TPSA) is 56.8 Å². The number of hydrogen-bond acceptors (Lipinski definition) is 4. The van der Waals surface area contributed by atoms with E-state index in [1.807, 2.05) is 0 Å². The number of carbonyl (C=O) groups is 1. The summed E-state index contributed by atoms with van der Waals surface area (Å²) in [5.74, 6) is 0.349. The maximum atomic E-state index is 12.3. The molecule has 5 nitrogen and oxygen atoms in total. The van der Waals surface area contributed by atoms with Crippen LogP contribution in [0.25, 0.3) is 6.08 Å². The lowest BCUT2D eigenvalue weighted by Gasteiger charge is -2.13. The minimum atomic E-state index is -4.47. The lowest BCUT2D eigenvalue weighted by Crippen LogP contribution is -2.20. The summed E-state index contributed by atoms with van der Waals surface area (Å²) in [6.07, 6.45) is -1.73. The molecule has 2 rings (SSSR count). The van der Waals surface area contributed by atoms with Crippen molar-refractivity contribution >= 4 is 17.7 Å². The van der Waals surface area contributed by atoms with Gasteiger partial charge in [-0.2, -0.15) is 13.2 Å². The van der Waals surface area contributed by atoms with Crippen molar-refractivity contribution in [1.82, 2.24) is 0 Å². The Bertz CT molecular complexity index is 819. The molecule has 0 heterocycles. The number of methoxy groups -OCH3 is 2. The second-order valence-corrected chi connectivity index (χ2v) is 5.31. The van der Waals surface area contributed by atoms with E-state index in [9.17, 15) is 18.0 Å². The number of nitrogens with one attached hydrogen (secondary N) is 1. The van der Waals surface area contributed by atoms with Gasteiger partial charge in [0, 0.05) is 11.6 Å². The fourth-order valence-corrected chi connectivity index (χ4v) is 2.24. The van der Waals surface area contributed by atoms with Gasteiger partial charge >= 0.3 is 6.18 Å². The van der Waals surface area contributed by atoms with Gasteiger partial charge in [-0.1, -0.05) is 24.3 Å². The number of anilines is 1. The Morgan fingerprint density at radius 1 is 1.04 bits per heavy atom. The summed E-state index contributed by atoms with van der Waals surface area (Å²) >= 11 is 0. The number of carbonyl (C=O) groups excluding carboxylic acids is 1. The van der Waals surface area contributed by atoms with Crippen molar-refractivity contribution in [3.8, 4) is 17.2 Å². The highest BCUT2D eigenvalue weighted by molar-refractivity contribution is 6.03. The first kappa shape index (κ1) is 20.2. The van der Waals surface area contributed by atoms with Crippen LogP contribution in [0.2, 0.25) is 0 Å². The second-order valence-electron chi connectivity index (χ2n) is 5.31. The first-order valence-corrected chi connectivity index (χ1v) is 7.82. The lowest BCUT2D eigenvalue weighted by atomic mass is 10.1. The summed E-state index contributed by atoms with van der Waals surface area (Å²) in [5, 5.41) is 2.49. The highest BCUT2D eigenvalue weighted by Crippen LogP contribution is 2.31. The Hall–Kier alpha value is -3.16. The molecule has 8 heteroatoms. The summed E-state index contributed by atoms with van der Waals surface area (Å²) in [7, 11) is 2.97. The molecule has 0 fully saturated rings. The van der Waals surface area contributed by atoms with Crippen molar-refractivity contribution in [3.63, 3.8) is 0 Å². The van der Waals surface area contributed by atoms with Gasteiger partial charge in [0.05, 0.1) is 19.9 Å². The van der Waals surface area contributed by atoms with Crippen LogP contribution in [-0.2, 0) is 4.79 Å². The molecule has 0 bridgehead atoms. The van der Waals surface area contributed by atoms with Gasteiger partial charge in [-0.05, 0) is 24.3 Å². The van der Waals surface area contributed by atoms with Crippen LogP contribution in [0.1, 0.15) is 5.56 Å². The monoisotopic (exact) mass is 381 g/mol. The fraction of sp³-hybridized carbons (Fsp3) is 0.211. The highest BCUT2D eigenvalue weighted by Gasteiger charge is 2.28. The molecule has 0 aliphatic carbocycles. The molecule has 0 aliphatic rings.